The molecular weight excluding hydrogens is 294 g/mol. The van der Waals surface area contributed by atoms with Gasteiger partial charge in [-0.2, -0.15) is 5.10 Å². The van der Waals surface area contributed by atoms with E-state index in [-0.39, 0.29) is 11.6 Å². The van der Waals surface area contributed by atoms with E-state index < -0.39 is 0 Å². The number of anilines is 1. The molecule has 3 rings (SSSR count). The van der Waals surface area contributed by atoms with E-state index in [1.165, 1.54) is 6.39 Å². The monoisotopic (exact) mass is 311 g/mol. The van der Waals surface area contributed by atoms with E-state index in [0.717, 1.165) is 11.1 Å². The lowest BCUT2D eigenvalue weighted by Crippen LogP contribution is -2.13. The number of carbonyl (C=O) groups is 1. The minimum absolute atomic E-state index is 0.238. The average molecular weight is 311 g/mol. The van der Waals surface area contributed by atoms with Gasteiger partial charge in [0.2, 0.25) is 0 Å². The number of nitrogens with two attached hydrogens (primary N) is 1. The Morgan fingerprint density at radius 1 is 1.43 bits per heavy atom. The van der Waals surface area contributed by atoms with Gasteiger partial charge in [-0.25, -0.2) is 4.98 Å². The fourth-order valence-electron chi connectivity index (χ4n) is 2.27. The zero-order chi connectivity index (χ0) is 16.2. The predicted octanol–water partition coefficient (Wildman–Crippen LogP) is 2.06. The van der Waals surface area contributed by atoms with Gasteiger partial charge in [0, 0.05) is 18.3 Å². The molecule has 0 unspecified atom stereocenters. The number of hydrogen-bond acceptors (Lipinski definition) is 5. The zero-order valence-corrected chi connectivity index (χ0v) is 12.7. The van der Waals surface area contributed by atoms with Crippen molar-refractivity contribution in [3.63, 3.8) is 0 Å². The molecular formula is C16H17N5O2. The van der Waals surface area contributed by atoms with Crippen molar-refractivity contribution in [1.29, 1.82) is 0 Å². The van der Waals surface area contributed by atoms with Crippen LogP contribution in [0.15, 0.2) is 47.5 Å². The molecule has 0 fully saturated rings. The van der Waals surface area contributed by atoms with Gasteiger partial charge in [-0.1, -0.05) is 23.8 Å². The van der Waals surface area contributed by atoms with Crippen LogP contribution in [0.4, 0.5) is 5.69 Å². The van der Waals surface area contributed by atoms with Crippen LogP contribution in [0.25, 0.3) is 11.3 Å². The lowest BCUT2D eigenvalue weighted by molar-refractivity contribution is 0.102. The molecule has 2 heterocycles. The van der Waals surface area contributed by atoms with E-state index in [2.05, 4.69) is 15.4 Å². The number of oxazole rings is 1. The normalized spacial score (nSPS) is 10.7. The molecule has 118 valence electrons. The number of rotatable bonds is 5. The number of aromatic nitrogens is 3. The standard InChI is InChI=1S/C16H17N5O2/c1-11-3-2-4-12(7-11)15-14(18-10-23-15)16(22)20-13-8-19-21(9-13)6-5-17/h2-4,7-10H,5-6,17H2,1H3,(H,20,22). The van der Waals surface area contributed by atoms with E-state index in [4.69, 9.17) is 10.2 Å². The summed E-state index contributed by atoms with van der Waals surface area (Å²) in [5.74, 6) is 0.100. The Labute approximate surface area is 133 Å². The van der Waals surface area contributed by atoms with Crippen LogP contribution in [0, 0.1) is 6.92 Å². The van der Waals surface area contributed by atoms with Crippen LogP contribution in [-0.4, -0.2) is 27.2 Å². The average Bonchev–Trinajstić information content (AvgIpc) is 3.17. The first kappa shape index (κ1) is 15.0. The number of carbonyl (C=O) groups excluding carboxylic acids is 1. The van der Waals surface area contributed by atoms with Crippen LogP contribution >= 0.6 is 0 Å². The number of benzene rings is 1. The lowest BCUT2D eigenvalue weighted by Gasteiger charge is -2.03. The minimum atomic E-state index is -0.345. The highest BCUT2D eigenvalue weighted by Crippen LogP contribution is 2.24. The number of nitrogens with zero attached hydrogens (tertiary/aromatic N) is 3. The largest absolute Gasteiger partial charge is 0.443 e. The van der Waals surface area contributed by atoms with E-state index in [1.807, 2.05) is 31.2 Å². The SMILES string of the molecule is Cc1cccc(-c2ocnc2C(=O)Nc2cnn(CCN)c2)c1. The minimum Gasteiger partial charge on any atom is -0.443 e. The van der Waals surface area contributed by atoms with Gasteiger partial charge in [0.25, 0.3) is 5.91 Å². The number of hydrogen-bond donors (Lipinski definition) is 2. The van der Waals surface area contributed by atoms with Crippen molar-refractivity contribution in [2.75, 3.05) is 11.9 Å². The molecule has 1 amide bonds. The molecule has 0 aliphatic rings. The highest BCUT2D eigenvalue weighted by Gasteiger charge is 2.19. The van der Waals surface area contributed by atoms with E-state index in [1.54, 1.807) is 17.1 Å². The highest BCUT2D eigenvalue weighted by molar-refractivity contribution is 6.06. The van der Waals surface area contributed by atoms with Gasteiger partial charge in [-0.15, -0.1) is 0 Å². The highest BCUT2D eigenvalue weighted by atomic mass is 16.3. The second kappa shape index (κ2) is 6.45. The molecule has 1 aromatic carbocycles. The van der Waals surface area contributed by atoms with Gasteiger partial charge in [0.15, 0.2) is 17.8 Å². The first-order valence-corrected chi connectivity index (χ1v) is 7.22. The third-order valence-corrected chi connectivity index (χ3v) is 3.31. The summed E-state index contributed by atoms with van der Waals surface area (Å²) in [6, 6.07) is 7.71. The maximum Gasteiger partial charge on any atom is 0.278 e. The fraction of sp³-hybridized carbons (Fsp3) is 0.188. The van der Waals surface area contributed by atoms with Crippen molar-refractivity contribution in [2.24, 2.45) is 5.73 Å². The van der Waals surface area contributed by atoms with E-state index in [9.17, 15) is 4.79 Å². The molecule has 3 aromatic rings. The van der Waals surface area contributed by atoms with Crippen LogP contribution in [0.3, 0.4) is 0 Å². The summed E-state index contributed by atoms with van der Waals surface area (Å²) in [5.41, 5.74) is 8.19. The summed E-state index contributed by atoms with van der Waals surface area (Å²) in [6.45, 7) is 3.05. The van der Waals surface area contributed by atoms with E-state index in [0.29, 0.717) is 24.5 Å². The lowest BCUT2D eigenvalue weighted by atomic mass is 10.1. The molecule has 0 spiro atoms. The Bertz CT molecular complexity index is 821. The summed E-state index contributed by atoms with van der Waals surface area (Å²) in [6.07, 6.45) is 4.56. The molecule has 2 aromatic heterocycles. The summed E-state index contributed by atoms with van der Waals surface area (Å²) >= 11 is 0. The van der Waals surface area contributed by atoms with Crippen LogP contribution in [0.1, 0.15) is 16.1 Å². The number of aryl methyl sites for hydroxylation is 1. The summed E-state index contributed by atoms with van der Waals surface area (Å²) in [4.78, 5) is 16.5. The van der Waals surface area contributed by atoms with Crippen LogP contribution in [0.2, 0.25) is 0 Å². The second-order valence-electron chi connectivity index (χ2n) is 5.13. The van der Waals surface area contributed by atoms with Gasteiger partial charge in [0.1, 0.15) is 0 Å². The Morgan fingerprint density at radius 3 is 3.09 bits per heavy atom. The maximum atomic E-state index is 12.4. The fourth-order valence-corrected chi connectivity index (χ4v) is 2.27. The summed E-state index contributed by atoms with van der Waals surface area (Å²) in [7, 11) is 0. The molecule has 0 aliphatic heterocycles. The molecule has 3 N–H and O–H groups in total. The maximum absolute atomic E-state index is 12.4. The molecule has 0 saturated heterocycles. The molecule has 7 nitrogen and oxygen atoms in total. The number of nitrogens with one attached hydrogen (secondary N) is 1. The molecule has 23 heavy (non-hydrogen) atoms. The Balaban J connectivity index is 1.82. The van der Waals surface area contributed by atoms with Crippen molar-refractivity contribution in [3.8, 4) is 11.3 Å². The smallest absolute Gasteiger partial charge is 0.278 e. The van der Waals surface area contributed by atoms with Gasteiger partial charge < -0.3 is 15.5 Å². The molecule has 0 saturated carbocycles. The topological polar surface area (TPSA) is 99.0 Å². The zero-order valence-electron chi connectivity index (χ0n) is 12.7. The van der Waals surface area contributed by atoms with Crippen LogP contribution in [-0.2, 0) is 6.54 Å². The van der Waals surface area contributed by atoms with Crippen molar-refractivity contribution >= 4 is 11.6 Å². The van der Waals surface area contributed by atoms with Gasteiger partial charge in [-0.3, -0.25) is 9.48 Å². The Morgan fingerprint density at radius 2 is 2.30 bits per heavy atom. The van der Waals surface area contributed by atoms with Gasteiger partial charge in [-0.05, 0) is 13.0 Å². The molecule has 0 bridgehead atoms. The summed E-state index contributed by atoms with van der Waals surface area (Å²) in [5, 5.41) is 6.87. The van der Waals surface area contributed by atoms with Crippen molar-refractivity contribution in [2.45, 2.75) is 13.5 Å². The third kappa shape index (κ3) is 3.29. The van der Waals surface area contributed by atoms with Gasteiger partial charge >= 0.3 is 0 Å². The van der Waals surface area contributed by atoms with Gasteiger partial charge in [0.05, 0.1) is 18.4 Å². The van der Waals surface area contributed by atoms with Crippen LogP contribution < -0.4 is 11.1 Å². The first-order valence-electron chi connectivity index (χ1n) is 7.22. The second-order valence-corrected chi connectivity index (χ2v) is 5.13. The van der Waals surface area contributed by atoms with Crippen LogP contribution in [0.5, 0.6) is 0 Å². The first-order chi connectivity index (χ1) is 11.2. The molecule has 7 heteroatoms. The Hall–Kier alpha value is -2.93. The van der Waals surface area contributed by atoms with Crippen molar-refractivity contribution in [1.82, 2.24) is 14.8 Å². The number of amides is 1. The third-order valence-electron chi connectivity index (χ3n) is 3.31. The quantitative estimate of drug-likeness (QED) is 0.751. The molecule has 0 atom stereocenters. The molecule has 0 radical (unpaired) electrons. The van der Waals surface area contributed by atoms with Crippen molar-refractivity contribution < 1.29 is 9.21 Å². The summed E-state index contributed by atoms with van der Waals surface area (Å²) < 4.78 is 7.07. The Kier molecular flexibility index (Phi) is 4.20. The molecule has 0 aliphatic carbocycles. The van der Waals surface area contributed by atoms with Crippen molar-refractivity contribution in [3.05, 3.63) is 54.3 Å². The predicted molar refractivity (Wildman–Crippen MR) is 85.9 cm³/mol. The van der Waals surface area contributed by atoms with E-state index >= 15 is 0 Å².